The number of hydrogen-bond acceptors (Lipinski definition) is 5. The van der Waals surface area contributed by atoms with E-state index in [-0.39, 0.29) is 23.3 Å². The van der Waals surface area contributed by atoms with Gasteiger partial charge in [0.1, 0.15) is 0 Å². The summed E-state index contributed by atoms with van der Waals surface area (Å²) in [6, 6.07) is 8.23. The summed E-state index contributed by atoms with van der Waals surface area (Å²) in [5.74, 6) is -0.626. The van der Waals surface area contributed by atoms with E-state index in [2.05, 4.69) is 22.3 Å². The molecule has 4 atom stereocenters. The first-order chi connectivity index (χ1) is 12.1. The normalized spacial score (nSPS) is 36.9. The fourth-order valence-corrected chi connectivity index (χ4v) is 5.70. The second-order valence-corrected chi connectivity index (χ2v) is 7.42. The average Bonchev–Trinajstić information content (AvgIpc) is 3.18. The molecule has 2 fully saturated rings. The molecule has 0 radical (unpaired) electrons. The minimum Gasteiger partial charge on any atom is -0.466 e. The second kappa shape index (κ2) is 4.96. The van der Waals surface area contributed by atoms with Crippen molar-refractivity contribution < 1.29 is 14.6 Å². The Kier molecular flexibility index (Phi) is 3.01. The largest absolute Gasteiger partial charge is 0.466 e. The van der Waals surface area contributed by atoms with E-state index < -0.39 is 6.10 Å². The summed E-state index contributed by atoms with van der Waals surface area (Å²) in [6.45, 7) is 3.71. The first-order valence-electron chi connectivity index (χ1n) is 8.90. The predicted octanol–water partition coefficient (Wildman–Crippen LogP) is 1.80. The number of ether oxygens (including phenoxy) is 1. The molecule has 25 heavy (non-hydrogen) atoms. The highest BCUT2D eigenvalue weighted by Gasteiger charge is 2.65. The molecule has 1 aliphatic carbocycles. The zero-order valence-corrected chi connectivity index (χ0v) is 14.5. The molecule has 5 rings (SSSR count). The van der Waals surface area contributed by atoms with Gasteiger partial charge in [-0.2, -0.15) is 0 Å². The van der Waals surface area contributed by atoms with Crippen molar-refractivity contribution in [2.24, 2.45) is 5.92 Å². The van der Waals surface area contributed by atoms with Crippen LogP contribution in [0.5, 0.6) is 0 Å². The van der Waals surface area contributed by atoms with Crippen molar-refractivity contribution in [2.45, 2.75) is 30.9 Å². The number of nitrogens with zero attached hydrogens (tertiary/aromatic N) is 1. The van der Waals surface area contributed by atoms with Crippen LogP contribution in [0.25, 0.3) is 0 Å². The van der Waals surface area contributed by atoms with Gasteiger partial charge in [-0.15, -0.1) is 0 Å². The van der Waals surface area contributed by atoms with E-state index >= 15 is 0 Å². The summed E-state index contributed by atoms with van der Waals surface area (Å²) < 4.78 is 5.14. The van der Waals surface area contributed by atoms with Crippen LogP contribution in [0.3, 0.4) is 0 Å². The number of piperidine rings is 1. The van der Waals surface area contributed by atoms with Crippen LogP contribution in [0.2, 0.25) is 0 Å². The summed E-state index contributed by atoms with van der Waals surface area (Å²) in [4.78, 5) is 15.2. The molecule has 1 aromatic rings. The lowest BCUT2D eigenvalue weighted by atomic mass is 9.60. The highest BCUT2D eigenvalue weighted by Crippen LogP contribution is 2.61. The Morgan fingerprint density at radius 1 is 1.44 bits per heavy atom. The molecule has 4 aliphatic rings. The van der Waals surface area contributed by atoms with Gasteiger partial charge in [-0.25, -0.2) is 4.79 Å². The Morgan fingerprint density at radius 2 is 2.24 bits per heavy atom. The van der Waals surface area contributed by atoms with Crippen LogP contribution in [-0.2, 0) is 14.9 Å². The first kappa shape index (κ1) is 15.2. The maximum atomic E-state index is 12.8. The molecule has 3 aliphatic heterocycles. The van der Waals surface area contributed by atoms with Gasteiger partial charge in [-0.05, 0) is 30.5 Å². The summed E-state index contributed by atoms with van der Waals surface area (Å²) in [6.07, 6.45) is 2.34. The molecular weight excluding hydrogens is 316 g/mol. The number of rotatable bonds is 1. The Labute approximate surface area is 147 Å². The van der Waals surface area contributed by atoms with E-state index in [1.165, 1.54) is 12.7 Å². The molecule has 2 N–H and O–H groups in total. The summed E-state index contributed by atoms with van der Waals surface area (Å²) >= 11 is 0. The number of nitrogens with one attached hydrogen (secondary N) is 1. The molecule has 130 valence electrons. The molecule has 2 saturated heterocycles. The summed E-state index contributed by atoms with van der Waals surface area (Å²) in [5, 5.41) is 14.8. The molecule has 0 amide bonds. The third kappa shape index (κ3) is 1.63. The van der Waals surface area contributed by atoms with Crippen LogP contribution in [0, 0.1) is 5.92 Å². The van der Waals surface area contributed by atoms with Gasteiger partial charge in [-0.1, -0.05) is 24.3 Å². The maximum Gasteiger partial charge on any atom is 0.336 e. The van der Waals surface area contributed by atoms with Crippen LogP contribution >= 0.6 is 0 Å². The van der Waals surface area contributed by atoms with E-state index in [9.17, 15) is 9.90 Å². The molecule has 0 unspecified atom stereocenters. The topological polar surface area (TPSA) is 61.8 Å². The lowest BCUT2D eigenvalue weighted by Crippen LogP contribution is -2.61. The molecule has 3 heterocycles. The van der Waals surface area contributed by atoms with Crippen LogP contribution in [0.15, 0.2) is 47.2 Å². The molecule has 1 aromatic carbocycles. The van der Waals surface area contributed by atoms with Crippen molar-refractivity contribution in [3.05, 3.63) is 52.7 Å². The van der Waals surface area contributed by atoms with Crippen molar-refractivity contribution in [1.82, 2.24) is 4.90 Å². The Bertz CT molecular complexity index is 843. The Balaban J connectivity index is 1.85. The number of para-hydroxylation sites is 1. The Morgan fingerprint density at radius 3 is 3.00 bits per heavy atom. The summed E-state index contributed by atoms with van der Waals surface area (Å²) in [7, 11) is 1.42. The van der Waals surface area contributed by atoms with Gasteiger partial charge in [-0.3, -0.25) is 4.90 Å². The highest BCUT2D eigenvalue weighted by atomic mass is 16.5. The number of methoxy groups -OCH3 is 1. The van der Waals surface area contributed by atoms with Gasteiger partial charge in [0, 0.05) is 30.4 Å². The number of aliphatic hydroxyl groups is 1. The van der Waals surface area contributed by atoms with E-state index in [0.717, 1.165) is 36.5 Å². The quantitative estimate of drug-likeness (QED) is 0.604. The van der Waals surface area contributed by atoms with E-state index in [1.807, 2.05) is 25.1 Å². The monoisotopic (exact) mass is 338 g/mol. The molecular formula is C20H22N2O3. The Hall–Kier alpha value is -2.11. The average molecular weight is 338 g/mol. The van der Waals surface area contributed by atoms with Crippen molar-refractivity contribution in [2.75, 3.05) is 25.5 Å². The van der Waals surface area contributed by atoms with Gasteiger partial charge >= 0.3 is 5.97 Å². The number of fused-ring (bicyclic) bond motifs is 2. The fraction of sp³-hybridized carbons (Fsp3) is 0.450. The number of carbonyl (C=O) groups excluding carboxylic acids is 1. The molecule has 5 nitrogen and oxygen atoms in total. The first-order valence-corrected chi connectivity index (χ1v) is 8.90. The van der Waals surface area contributed by atoms with Crippen LogP contribution < -0.4 is 5.32 Å². The number of anilines is 1. The van der Waals surface area contributed by atoms with Crippen molar-refractivity contribution in [1.29, 1.82) is 0 Å². The third-order valence-electron chi connectivity index (χ3n) is 6.61. The number of aliphatic hydroxyl groups excluding tert-OH is 1. The minimum absolute atomic E-state index is 0.000700. The number of allylic oxidation sites excluding steroid dienone is 1. The van der Waals surface area contributed by atoms with Crippen molar-refractivity contribution in [3.63, 3.8) is 0 Å². The van der Waals surface area contributed by atoms with E-state index in [1.54, 1.807) is 0 Å². The van der Waals surface area contributed by atoms with Gasteiger partial charge in [0.05, 0.1) is 30.2 Å². The van der Waals surface area contributed by atoms with Gasteiger partial charge in [0.15, 0.2) is 0 Å². The fourth-order valence-electron chi connectivity index (χ4n) is 5.70. The lowest BCUT2D eigenvalue weighted by molar-refractivity contribution is -0.138. The smallest absolute Gasteiger partial charge is 0.336 e. The zero-order chi connectivity index (χ0) is 17.3. The number of esters is 1. The zero-order valence-electron chi connectivity index (χ0n) is 14.5. The van der Waals surface area contributed by atoms with E-state index in [0.29, 0.717) is 5.57 Å². The SMILES string of the molecule is C/C=C1/CN2CC[C@@]34C(=C(C(=O)OC)[C@@H]1[C@@H](O)[C@@H]23)Nc1ccccc14. The molecule has 0 saturated carbocycles. The summed E-state index contributed by atoms with van der Waals surface area (Å²) in [5.41, 5.74) is 4.56. The predicted molar refractivity (Wildman–Crippen MR) is 94.0 cm³/mol. The van der Waals surface area contributed by atoms with Gasteiger partial charge in [0.2, 0.25) is 0 Å². The molecule has 0 aromatic heterocycles. The standard InChI is InChI=1S/C20H22N2O3/c1-3-11-10-22-9-8-20-12-6-4-5-7-13(12)21-17(20)15(19(24)25-2)14(11)16(23)18(20)22/h3-7,14,16,18,21,23H,8-10H2,1-2H3/b11-3-/t14-,16-,18-,20-/m1/s1. The third-order valence-corrected chi connectivity index (χ3v) is 6.61. The second-order valence-electron chi connectivity index (χ2n) is 7.42. The lowest BCUT2D eigenvalue weighted by Gasteiger charge is -2.51. The van der Waals surface area contributed by atoms with Gasteiger partial charge < -0.3 is 15.2 Å². The number of benzene rings is 1. The number of hydrogen-bond donors (Lipinski definition) is 2. The van der Waals surface area contributed by atoms with Crippen molar-refractivity contribution >= 4 is 11.7 Å². The highest BCUT2D eigenvalue weighted by molar-refractivity contribution is 5.94. The maximum absolute atomic E-state index is 12.8. The van der Waals surface area contributed by atoms with Crippen LogP contribution in [0.4, 0.5) is 5.69 Å². The van der Waals surface area contributed by atoms with Crippen molar-refractivity contribution in [3.8, 4) is 0 Å². The minimum atomic E-state index is -0.603. The van der Waals surface area contributed by atoms with Gasteiger partial charge in [0.25, 0.3) is 0 Å². The van der Waals surface area contributed by atoms with E-state index in [4.69, 9.17) is 4.74 Å². The number of carbonyl (C=O) groups is 1. The molecule has 5 heteroatoms. The molecule has 2 bridgehead atoms. The van der Waals surface area contributed by atoms with Crippen LogP contribution in [-0.4, -0.2) is 48.3 Å². The molecule has 1 spiro atoms. The van der Waals surface area contributed by atoms with Crippen LogP contribution in [0.1, 0.15) is 18.9 Å².